The minimum Gasteiger partial charge on any atom is -0.478 e. The topological polar surface area (TPSA) is 54.4 Å². The number of rotatable bonds is 3. The van der Waals surface area contributed by atoms with E-state index in [1.807, 2.05) is 0 Å². The molecule has 6 heteroatoms. The summed E-state index contributed by atoms with van der Waals surface area (Å²) in [5, 5.41) is 9.00. The molecule has 0 aliphatic carbocycles. The largest absolute Gasteiger partial charge is 0.478 e. The summed E-state index contributed by atoms with van der Waals surface area (Å²) in [7, 11) is 0. The number of hydrogen-bond acceptors (Lipinski definition) is 2. The smallest absolute Gasteiger partial charge is 0.336 e. The van der Waals surface area contributed by atoms with E-state index in [0.29, 0.717) is 0 Å². The summed E-state index contributed by atoms with van der Waals surface area (Å²) in [6.07, 6.45) is 0. The molecule has 102 valence electrons. The lowest BCUT2D eigenvalue weighted by atomic mass is 9.98. The van der Waals surface area contributed by atoms with Crippen LogP contribution in [0.15, 0.2) is 40.9 Å². The molecule has 1 N–H and O–H groups in total. The predicted molar refractivity (Wildman–Crippen MR) is 70.9 cm³/mol. The first-order chi connectivity index (χ1) is 9.41. The number of benzene rings is 2. The standard InChI is InChI=1S/C14H7BrF2O3/c15-10-6-11(16)9(5-12(10)17)13(18)7-3-1-2-4-8(7)14(19)20/h1-6H,(H,19,20). The lowest BCUT2D eigenvalue weighted by Gasteiger charge is -2.07. The van der Waals surface area contributed by atoms with Gasteiger partial charge in [0, 0.05) is 5.56 Å². The Hall–Kier alpha value is -2.08. The molecule has 2 rings (SSSR count). The summed E-state index contributed by atoms with van der Waals surface area (Å²) in [5.74, 6) is -3.93. The molecule has 0 aliphatic heterocycles. The molecular weight excluding hydrogens is 334 g/mol. The van der Waals surface area contributed by atoms with Crippen molar-refractivity contribution >= 4 is 27.7 Å². The van der Waals surface area contributed by atoms with Crippen LogP contribution in [-0.2, 0) is 0 Å². The van der Waals surface area contributed by atoms with Gasteiger partial charge in [0.25, 0.3) is 0 Å². The second-order valence-electron chi connectivity index (χ2n) is 3.93. The van der Waals surface area contributed by atoms with Crippen molar-refractivity contribution in [2.24, 2.45) is 0 Å². The van der Waals surface area contributed by atoms with Crippen LogP contribution in [0.5, 0.6) is 0 Å². The van der Waals surface area contributed by atoms with E-state index in [1.165, 1.54) is 24.3 Å². The Bertz CT molecular complexity index is 714. The van der Waals surface area contributed by atoms with Crippen molar-refractivity contribution < 1.29 is 23.5 Å². The molecular formula is C14H7BrF2O3. The zero-order valence-corrected chi connectivity index (χ0v) is 11.4. The van der Waals surface area contributed by atoms with Gasteiger partial charge in [-0.15, -0.1) is 0 Å². The lowest BCUT2D eigenvalue weighted by Crippen LogP contribution is -2.11. The first kappa shape index (κ1) is 14.3. The van der Waals surface area contributed by atoms with Crippen molar-refractivity contribution in [3.63, 3.8) is 0 Å². The maximum Gasteiger partial charge on any atom is 0.336 e. The average Bonchev–Trinajstić information content (AvgIpc) is 2.42. The third kappa shape index (κ3) is 2.60. The molecule has 20 heavy (non-hydrogen) atoms. The van der Waals surface area contributed by atoms with Gasteiger partial charge in [0.2, 0.25) is 0 Å². The SMILES string of the molecule is O=C(O)c1ccccc1C(=O)c1cc(F)c(Br)cc1F. The Morgan fingerprint density at radius 3 is 2.15 bits per heavy atom. The van der Waals surface area contributed by atoms with E-state index in [4.69, 9.17) is 5.11 Å². The predicted octanol–water partition coefficient (Wildman–Crippen LogP) is 3.66. The monoisotopic (exact) mass is 340 g/mol. The highest BCUT2D eigenvalue weighted by molar-refractivity contribution is 9.10. The second-order valence-corrected chi connectivity index (χ2v) is 4.78. The zero-order chi connectivity index (χ0) is 14.9. The summed E-state index contributed by atoms with van der Waals surface area (Å²) in [4.78, 5) is 23.2. The van der Waals surface area contributed by atoms with Crippen LogP contribution in [0.4, 0.5) is 8.78 Å². The van der Waals surface area contributed by atoms with Crippen molar-refractivity contribution in [1.82, 2.24) is 0 Å². The maximum atomic E-state index is 13.7. The van der Waals surface area contributed by atoms with Gasteiger partial charge in [-0.05, 0) is 34.1 Å². The van der Waals surface area contributed by atoms with E-state index in [1.54, 1.807) is 0 Å². The van der Waals surface area contributed by atoms with Crippen LogP contribution in [0, 0.1) is 11.6 Å². The maximum absolute atomic E-state index is 13.7. The number of halogens is 3. The van der Waals surface area contributed by atoms with Crippen LogP contribution in [0.3, 0.4) is 0 Å². The van der Waals surface area contributed by atoms with Crippen molar-refractivity contribution in [3.8, 4) is 0 Å². The summed E-state index contributed by atoms with van der Waals surface area (Å²) in [5.41, 5.74) is -0.972. The van der Waals surface area contributed by atoms with Gasteiger partial charge in [-0.1, -0.05) is 18.2 Å². The van der Waals surface area contributed by atoms with E-state index in [0.717, 1.165) is 12.1 Å². The van der Waals surface area contributed by atoms with Crippen LogP contribution in [-0.4, -0.2) is 16.9 Å². The molecule has 0 atom stereocenters. The van der Waals surface area contributed by atoms with Gasteiger partial charge in [0.1, 0.15) is 11.6 Å². The van der Waals surface area contributed by atoms with Gasteiger partial charge >= 0.3 is 5.97 Å². The van der Waals surface area contributed by atoms with Crippen molar-refractivity contribution in [2.45, 2.75) is 0 Å². The highest BCUT2D eigenvalue weighted by Crippen LogP contribution is 2.23. The Balaban J connectivity index is 2.58. The van der Waals surface area contributed by atoms with E-state index in [2.05, 4.69) is 15.9 Å². The molecule has 3 nitrogen and oxygen atoms in total. The van der Waals surface area contributed by atoms with Crippen LogP contribution in [0.1, 0.15) is 26.3 Å². The minimum atomic E-state index is -1.31. The van der Waals surface area contributed by atoms with Gasteiger partial charge in [-0.3, -0.25) is 4.79 Å². The van der Waals surface area contributed by atoms with Crippen molar-refractivity contribution in [2.75, 3.05) is 0 Å². The minimum absolute atomic E-state index is 0.113. The van der Waals surface area contributed by atoms with Gasteiger partial charge < -0.3 is 5.11 Å². The molecule has 2 aromatic rings. The fraction of sp³-hybridized carbons (Fsp3) is 0. The van der Waals surface area contributed by atoms with Crippen LogP contribution < -0.4 is 0 Å². The fourth-order valence-corrected chi connectivity index (χ4v) is 2.02. The van der Waals surface area contributed by atoms with E-state index in [-0.39, 0.29) is 15.6 Å². The Kier molecular flexibility index (Phi) is 3.94. The number of carboxylic acids is 1. The Morgan fingerprint density at radius 1 is 0.950 bits per heavy atom. The van der Waals surface area contributed by atoms with Crippen molar-refractivity contribution in [1.29, 1.82) is 0 Å². The molecule has 0 spiro atoms. The number of aromatic carboxylic acids is 1. The molecule has 2 aromatic carbocycles. The van der Waals surface area contributed by atoms with Crippen LogP contribution in [0.2, 0.25) is 0 Å². The van der Waals surface area contributed by atoms with E-state index >= 15 is 0 Å². The van der Waals surface area contributed by atoms with Gasteiger partial charge in [0.05, 0.1) is 15.6 Å². The summed E-state index contributed by atoms with van der Waals surface area (Å²) < 4.78 is 27.0. The molecule has 0 bridgehead atoms. The number of ketones is 1. The summed E-state index contributed by atoms with van der Waals surface area (Å²) in [6.45, 7) is 0. The number of carboxylic acid groups (broad SMARTS) is 1. The Labute approximate surface area is 121 Å². The molecule has 0 radical (unpaired) electrons. The highest BCUT2D eigenvalue weighted by Gasteiger charge is 2.21. The molecule has 0 unspecified atom stereocenters. The first-order valence-corrected chi connectivity index (χ1v) is 6.22. The summed E-state index contributed by atoms with van der Waals surface area (Å²) in [6, 6.07) is 6.94. The van der Waals surface area contributed by atoms with Gasteiger partial charge in [-0.2, -0.15) is 0 Å². The number of carbonyl (C=O) groups is 2. The van der Waals surface area contributed by atoms with Crippen LogP contribution >= 0.6 is 15.9 Å². The average molecular weight is 341 g/mol. The quantitative estimate of drug-likeness (QED) is 0.685. The third-order valence-corrected chi connectivity index (χ3v) is 3.26. The Morgan fingerprint density at radius 2 is 1.55 bits per heavy atom. The molecule has 0 saturated carbocycles. The van der Waals surface area contributed by atoms with Crippen LogP contribution in [0.25, 0.3) is 0 Å². The van der Waals surface area contributed by atoms with E-state index in [9.17, 15) is 18.4 Å². The fourth-order valence-electron chi connectivity index (χ4n) is 1.71. The molecule has 0 aliphatic rings. The molecule has 0 fully saturated rings. The van der Waals surface area contributed by atoms with Gasteiger partial charge in [-0.25, -0.2) is 13.6 Å². The second kappa shape index (κ2) is 5.50. The first-order valence-electron chi connectivity index (χ1n) is 5.43. The zero-order valence-electron chi connectivity index (χ0n) is 9.86. The molecule has 0 heterocycles. The summed E-state index contributed by atoms with van der Waals surface area (Å²) >= 11 is 2.80. The lowest BCUT2D eigenvalue weighted by molar-refractivity contribution is 0.0692. The number of hydrogen-bond donors (Lipinski definition) is 1. The molecule has 0 amide bonds. The normalized spacial score (nSPS) is 10.3. The van der Waals surface area contributed by atoms with Gasteiger partial charge in [0.15, 0.2) is 5.78 Å². The molecule has 0 aromatic heterocycles. The van der Waals surface area contributed by atoms with Crippen molar-refractivity contribution in [3.05, 3.63) is 69.2 Å². The molecule has 0 saturated heterocycles. The van der Waals surface area contributed by atoms with E-state index < -0.39 is 29.0 Å². The number of carbonyl (C=O) groups excluding carboxylic acids is 1. The third-order valence-electron chi connectivity index (χ3n) is 2.66. The highest BCUT2D eigenvalue weighted by atomic mass is 79.9.